The van der Waals surface area contributed by atoms with Crippen LogP contribution < -0.4 is 4.74 Å². The molecular weight excluding hydrogens is 314 g/mol. The van der Waals surface area contributed by atoms with Crippen molar-refractivity contribution in [1.82, 2.24) is 14.1 Å². The minimum atomic E-state index is 0.583. The molecule has 4 aromatic rings. The number of para-hydroxylation sites is 1. The normalized spacial score (nSPS) is 13.3. The third-order valence-corrected chi connectivity index (χ3v) is 4.89. The zero-order chi connectivity index (χ0) is 17.0. The van der Waals surface area contributed by atoms with Gasteiger partial charge in [-0.25, -0.2) is 4.98 Å². The summed E-state index contributed by atoms with van der Waals surface area (Å²) in [4.78, 5) is 16.1. The van der Waals surface area contributed by atoms with E-state index in [0.29, 0.717) is 12.2 Å². The molecule has 2 aromatic carbocycles. The molecule has 0 atom stereocenters. The molecule has 5 nitrogen and oxygen atoms in total. The molecule has 0 aliphatic carbocycles. The van der Waals surface area contributed by atoms with E-state index in [0.717, 1.165) is 47.7 Å². The average molecular weight is 331 g/mol. The van der Waals surface area contributed by atoms with Gasteiger partial charge in [0.15, 0.2) is 5.82 Å². The van der Waals surface area contributed by atoms with Gasteiger partial charge in [0.25, 0.3) is 0 Å². The molecule has 0 N–H and O–H groups in total. The van der Waals surface area contributed by atoms with Gasteiger partial charge in [0, 0.05) is 23.0 Å². The summed E-state index contributed by atoms with van der Waals surface area (Å²) in [6.45, 7) is 4.35. The number of rotatable bonds is 3. The van der Waals surface area contributed by atoms with Crippen molar-refractivity contribution in [1.29, 1.82) is 0 Å². The molecule has 0 fully saturated rings. The van der Waals surface area contributed by atoms with E-state index in [4.69, 9.17) is 9.72 Å². The minimum Gasteiger partial charge on any atom is -0.489 e. The van der Waals surface area contributed by atoms with Crippen molar-refractivity contribution in [3.8, 4) is 17.3 Å². The van der Waals surface area contributed by atoms with Crippen molar-refractivity contribution in [2.45, 2.75) is 20.0 Å². The summed E-state index contributed by atoms with van der Waals surface area (Å²) < 4.78 is 10.3. The van der Waals surface area contributed by atoms with E-state index in [1.807, 2.05) is 6.07 Å². The second kappa shape index (κ2) is 5.21. The summed E-state index contributed by atoms with van der Waals surface area (Å²) in [7, 11) is 0. The summed E-state index contributed by atoms with van der Waals surface area (Å²) in [6.07, 6.45) is 0.843. The molecule has 5 rings (SSSR count). The highest BCUT2D eigenvalue weighted by Gasteiger charge is 2.23. The Labute approximate surface area is 144 Å². The van der Waals surface area contributed by atoms with Crippen molar-refractivity contribution < 1.29 is 9.53 Å². The lowest BCUT2D eigenvalue weighted by Gasteiger charge is -2.18. The van der Waals surface area contributed by atoms with Gasteiger partial charge in [0.1, 0.15) is 24.2 Å². The maximum Gasteiger partial charge on any atom is 0.158 e. The molecule has 0 saturated heterocycles. The molecule has 0 radical (unpaired) electrons. The molecule has 1 aliphatic rings. The molecule has 0 saturated carbocycles. The molecule has 0 bridgehead atoms. The number of hydrogen-bond donors (Lipinski definition) is 0. The van der Waals surface area contributed by atoms with Gasteiger partial charge < -0.3 is 13.9 Å². The van der Waals surface area contributed by atoms with Crippen LogP contribution in [0.3, 0.4) is 0 Å². The van der Waals surface area contributed by atoms with E-state index in [-0.39, 0.29) is 0 Å². The molecule has 2 aromatic heterocycles. The Balaban J connectivity index is 1.85. The van der Waals surface area contributed by atoms with E-state index in [9.17, 15) is 4.79 Å². The second-order valence-electron chi connectivity index (χ2n) is 6.27. The second-order valence-corrected chi connectivity index (χ2v) is 6.27. The van der Waals surface area contributed by atoms with Gasteiger partial charge in [-0.05, 0) is 31.2 Å². The Kier molecular flexibility index (Phi) is 2.98. The number of nitrogens with zero attached hydrogens (tertiary/aromatic N) is 3. The molecule has 5 heteroatoms. The fraction of sp³-hybridized carbons (Fsp3) is 0.200. The van der Waals surface area contributed by atoms with E-state index in [1.54, 1.807) is 6.07 Å². The fourth-order valence-electron chi connectivity index (χ4n) is 3.83. The zero-order valence-electron chi connectivity index (χ0n) is 13.9. The highest BCUT2D eigenvalue weighted by molar-refractivity contribution is 5.93. The number of hydrogen-bond acceptors (Lipinski definition) is 3. The van der Waals surface area contributed by atoms with E-state index >= 15 is 0 Å². The van der Waals surface area contributed by atoms with Crippen LogP contribution in [0.4, 0.5) is 0 Å². The molecule has 3 heterocycles. The van der Waals surface area contributed by atoms with Crippen molar-refractivity contribution in [2.75, 3.05) is 6.61 Å². The Morgan fingerprint density at radius 3 is 2.96 bits per heavy atom. The summed E-state index contributed by atoms with van der Waals surface area (Å²) in [6, 6.07) is 14.2. The summed E-state index contributed by atoms with van der Waals surface area (Å²) in [5.41, 5.74) is 4.68. The predicted octanol–water partition coefficient (Wildman–Crippen LogP) is 3.88. The van der Waals surface area contributed by atoms with Crippen LogP contribution in [0, 0.1) is 0 Å². The highest BCUT2D eigenvalue weighted by Crippen LogP contribution is 2.36. The van der Waals surface area contributed by atoms with Crippen molar-refractivity contribution in [2.24, 2.45) is 0 Å². The van der Waals surface area contributed by atoms with Crippen molar-refractivity contribution >= 4 is 28.2 Å². The van der Waals surface area contributed by atoms with Crippen LogP contribution >= 0.6 is 0 Å². The molecule has 0 unspecified atom stereocenters. The van der Waals surface area contributed by atoms with E-state index in [2.05, 4.69) is 46.4 Å². The monoisotopic (exact) mass is 331 g/mol. The van der Waals surface area contributed by atoms with Crippen LogP contribution in [-0.2, 0) is 13.1 Å². The summed E-state index contributed by atoms with van der Waals surface area (Å²) >= 11 is 0. The number of imidazole rings is 1. The molecule has 0 amide bonds. The maximum atomic E-state index is 11.2. The van der Waals surface area contributed by atoms with Crippen LogP contribution in [0.25, 0.3) is 33.5 Å². The summed E-state index contributed by atoms with van der Waals surface area (Å²) in [5.74, 6) is 1.67. The first-order valence-corrected chi connectivity index (χ1v) is 8.51. The first-order chi connectivity index (χ1) is 12.3. The van der Waals surface area contributed by atoms with Gasteiger partial charge in [-0.15, -0.1) is 0 Å². The number of fused-ring (bicyclic) bond motifs is 1. The Morgan fingerprint density at radius 1 is 1.24 bits per heavy atom. The lowest BCUT2D eigenvalue weighted by atomic mass is 10.2. The van der Waals surface area contributed by atoms with Crippen LogP contribution in [0.1, 0.15) is 17.3 Å². The predicted molar refractivity (Wildman–Crippen MR) is 97.2 cm³/mol. The highest BCUT2D eigenvalue weighted by atomic mass is 16.5. The number of aromatic nitrogens is 3. The number of aldehydes is 1. The molecule has 124 valence electrons. The smallest absolute Gasteiger partial charge is 0.158 e. The van der Waals surface area contributed by atoms with Crippen molar-refractivity contribution in [3.63, 3.8) is 0 Å². The van der Waals surface area contributed by atoms with Gasteiger partial charge in [0.05, 0.1) is 17.8 Å². The van der Waals surface area contributed by atoms with Crippen LogP contribution in [0.15, 0.2) is 42.5 Å². The summed E-state index contributed by atoms with van der Waals surface area (Å²) in [5, 5.41) is 1.21. The van der Waals surface area contributed by atoms with E-state index < -0.39 is 0 Å². The topological polar surface area (TPSA) is 49.0 Å². The number of benzene rings is 2. The average Bonchev–Trinajstić information content (AvgIpc) is 3.20. The van der Waals surface area contributed by atoms with Crippen LogP contribution in [0.2, 0.25) is 0 Å². The zero-order valence-corrected chi connectivity index (χ0v) is 13.9. The van der Waals surface area contributed by atoms with Crippen molar-refractivity contribution in [3.05, 3.63) is 48.0 Å². The van der Waals surface area contributed by atoms with Crippen LogP contribution in [0.5, 0.6) is 5.75 Å². The first kappa shape index (κ1) is 14.3. The quantitative estimate of drug-likeness (QED) is 0.535. The Morgan fingerprint density at radius 2 is 2.12 bits per heavy atom. The van der Waals surface area contributed by atoms with Gasteiger partial charge in [-0.3, -0.25) is 4.79 Å². The lowest BCUT2D eigenvalue weighted by molar-refractivity contribution is 0.112. The number of ether oxygens (including phenoxy) is 1. The van der Waals surface area contributed by atoms with Gasteiger partial charge in [-0.1, -0.05) is 18.2 Å². The van der Waals surface area contributed by atoms with E-state index in [1.165, 1.54) is 10.9 Å². The molecule has 25 heavy (non-hydrogen) atoms. The standard InChI is InChI=1S/C20H17N3O2/c1-2-22-16-6-4-3-5-14(16)11-17(22)20-21-15-9-13(12-24)10-18-19(15)23(20)7-8-25-18/h3-6,9-12H,2,7-8H2,1H3. The van der Waals surface area contributed by atoms with Gasteiger partial charge in [0.2, 0.25) is 0 Å². The first-order valence-electron chi connectivity index (χ1n) is 8.51. The third-order valence-electron chi connectivity index (χ3n) is 4.89. The Hall–Kier alpha value is -3.08. The molecule has 1 aliphatic heterocycles. The van der Waals surface area contributed by atoms with Crippen LogP contribution in [-0.4, -0.2) is 27.0 Å². The largest absolute Gasteiger partial charge is 0.489 e. The number of carbonyl (C=O) groups excluding carboxylic acids is 1. The third kappa shape index (κ3) is 1.95. The SMILES string of the molecule is CCn1c(-c2nc3cc(C=O)cc4c3n2CCO4)cc2ccccc21. The number of carbonyl (C=O) groups is 1. The van der Waals surface area contributed by atoms with Gasteiger partial charge >= 0.3 is 0 Å². The number of aryl methyl sites for hydroxylation is 1. The lowest BCUT2D eigenvalue weighted by Crippen LogP contribution is -2.15. The Bertz CT molecular complexity index is 1140. The minimum absolute atomic E-state index is 0.583. The maximum absolute atomic E-state index is 11.2. The molecule has 0 spiro atoms. The molecular formula is C20H17N3O2. The van der Waals surface area contributed by atoms with Gasteiger partial charge in [-0.2, -0.15) is 0 Å². The fourth-order valence-corrected chi connectivity index (χ4v) is 3.83.